The topological polar surface area (TPSA) is 106 Å². The Morgan fingerprint density at radius 3 is 2.05 bits per heavy atom. The fourth-order valence-corrected chi connectivity index (χ4v) is 6.61. The quantitative estimate of drug-likeness (QED) is 0.447. The second-order valence-electron chi connectivity index (χ2n) is 12.0. The van der Waals surface area contributed by atoms with Gasteiger partial charge in [-0.3, -0.25) is 14.6 Å². The van der Waals surface area contributed by atoms with Crippen LogP contribution in [0.1, 0.15) is 43.2 Å². The standard InChI is InChI=1S/C31H43N5O3/c32-28(34-29(37)30(33)12-2-1-3-13-30)18-23-4-6-24(7-5-23)25-8-10-26(11-9-25)31(21-39-22-31)36-16-14-35(15-17-36)27-19-38-20-27/h4-11,27-28H,1-3,12-22,32-33H2,(H,34,37)/t28-/m1/s1. The van der Waals surface area contributed by atoms with Crippen LogP contribution in [-0.4, -0.2) is 86.1 Å². The number of rotatable bonds is 8. The minimum absolute atomic E-state index is 0.00903. The molecule has 5 N–H and O–H groups in total. The highest BCUT2D eigenvalue weighted by molar-refractivity contribution is 5.86. The minimum Gasteiger partial charge on any atom is -0.378 e. The Labute approximate surface area is 232 Å². The zero-order valence-electron chi connectivity index (χ0n) is 22.9. The molecular formula is C31H43N5O3. The van der Waals surface area contributed by atoms with Crippen LogP contribution in [0.25, 0.3) is 11.1 Å². The summed E-state index contributed by atoms with van der Waals surface area (Å²) < 4.78 is 11.1. The smallest absolute Gasteiger partial charge is 0.241 e. The zero-order chi connectivity index (χ0) is 26.9. The summed E-state index contributed by atoms with van der Waals surface area (Å²) >= 11 is 0. The van der Waals surface area contributed by atoms with Gasteiger partial charge in [-0.25, -0.2) is 0 Å². The van der Waals surface area contributed by atoms with E-state index in [9.17, 15) is 4.79 Å². The van der Waals surface area contributed by atoms with Gasteiger partial charge >= 0.3 is 0 Å². The van der Waals surface area contributed by atoms with Crippen LogP contribution in [0.5, 0.6) is 0 Å². The van der Waals surface area contributed by atoms with Crippen LogP contribution in [0.2, 0.25) is 0 Å². The maximum atomic E-state index is 12.7. The molecule has 8 heteroatoms. The number of ether oxygens (including phenoxy) is 2. The van der Waals surface area contributed by atoms with E-state index in [2.05, 4.69) is 63.6 Å². The van der Waals surface area contributed by atoms with Crippen molar-refractivity contribution in [3.63, 3.8) is 0 Å². The van der Waals surface area contributed by atoms with Crippen molar-refractivity contribution in [3.8, 4) is 11.1 Å². The molecule has 0 bridgehead atoms. The third-order valence-electron chi connectivity index (χ3n) is 9.42. The Kier molecular flexibility index (Phi) is 7.77. The number of piperazine rings is 1. The van der Waals surface area contributed by atoms with Gasteiger partial charge in [-0.2, -0.15) is 0 Å². The lowest BCUT2D eigenvalue weighted by molar-refractivity contribution is -0.164. The summed E-state index contributed by atoms with van der Waals surface area (Å²) in [6.45, 7) is 7.62. The Morgan fingerprint density at radius 1 is 0.897 bits per heavy atom. The number of nitrogens with one attached hydrogen (secondary N) is 1. The molecule has 0 radical (unpaired) electrons. The number of benzene rings is 2. The Hall–Kier alpha value is -2.33. The molecule has 210 valence electrons. The summed E-state index contributed by atoms with van der Waals surface area (Å²) in [5, 5.41) is 2.95. The van der Waals surface area contributed by atoms with Gasteiger partial charge in [0.25, 0.3) is 0 Å². The van der Waals surface area contributed by atoms with Crippen molar-refractivity contribution < 1.29 is 14.3 Å². The van der Waals surface area contributed by atoms with E-state index in [1.807, 2.05) is 0 Å². The highest BCUT2D eigenvalue weighted by Gasteiger charge is 2.47. The third kappa shape index (κ3) is 5.51. The second kappa shape index (κ2) is 11.3. The Balaban J connectivity index is 1.05. The average Bonchev–Trinajstić information content (AvgIpc) is 2.89. The van der Waals surface area contributed by atoms with E-state index >= 15 is 0 Å². The van der Waals surface area contributed by atoms with Gasteiger partial charge in [-0.05, 0) is 35.1 Å². The number of hydrogen-bond donors (Lipinski definition) is 3. The maximum Gasteiger partial charge on any atom is 0.241 e. The molecule has 2 aromatic carbocycles. The van der Waals surface area contributed by atoms with Crippen LogP contribution in [0.15, 0.2) is 48.5 Å². The van der Waals surface area contributed by atoms with Crippen LogP contribution in [0.3, 0.4) is 0 Å². The predicted molar refractivity (Wildman–Crippen MR) is 152 cm³/mol. The normalized spacial score (nSPS) is 24.4. The molecule has 0 spiro atoms. The fraction of sp³-hybridized carbons (Fsp3) is 0.581. The molecule has 1 aliphatic carbocycles. The Bertz CT molecular complexity index is 1120. The van der Waals surface area contributed by atoms with Crippen molar-refractivity contribution in [2.24, 2.45) is 11.5 Å². The van der Waals surface area contributed by atoms with Crippen molar-refractivity contribution in [1.82, 2.24) is 15.1 Å². The van der Waals surface area contributed by atoms with Crippen LogP contribution in [0, 0.1) is 0 Å². The van der Waals surface area contributed by atoms with Gasteiger partial charge in [0.05, 0.1) is 49.7 Å². The van der Waals surface area contributed by atoms with Gasteiger partial charge in [0.1, 0.15) is 0 Å². The van der Waals surface area contributed by atoms with Gasteiger partial charge in [-0.15, -0.1) is 0 Å². The first-order valence-corrected chi connectivity index (χ1v) is 14.7. The molecule has 1 atom stereocenters. The van der Waals surface area contributed by atoms with E-state index < -0.39 is 11.7 Å². The molecular weight excluding hydrogens is 490 g/mol. The molecule has 6 rings (SSSR count). The lowest BCUT2D eigenvalue weighted by Crippen LogP contribution is -2.65. The predicted octanol–water partition coefficient (Wildman–Crippen LogP) is 2.20. The van der Waals surface area contributed by atoms with Crippen molar-refractivity contribution in [1.29, 1.82) is 0 Å². The summed E-state index contributed by atoms with van der Waals surface area (Å²) in [5.74, 6) is -0.115. The van der Waals surface area contributed by atoms with Gasteiger partial charge in [0.2, 0.25) is 5.91 Å². The number of nitrogens with two attached hydrogens (primary N) is 2. The molecule has 4 aliphatic rings. The molecule has 3 saturated heterocycles. The molecule has 4 fully saturated rings. The third-order valence-corrected chi connectivity index (χ3v) is 9.42. The van der Waals surface area contributed by atoms with Gasteiger partial charge in [0.15, 0.2) is 0 Å². The summed E-state index contributed by atoms with van der Waals surface area (Å²) in [7, 11) is 0. The highest BCUT2D eigenvalue weighted by atomic mass is 16.5. The SMILES string of the molecule is N[C@@H](Cc1ccc(-c2ccc(C3(N4CCN(C5COC5)CC4)COC3)cc2)cc1)NC(=O)C1(N)CCCCC1. The summed E-state index contributed by atoms with van der Waals surface area (Å²) in [4.78, 5) is 17.9. The van der Waals surface area contributed by atoms with Crippen LogP contribution in [0.4, 0.5) is 0 Å². The first kappa shape index (κ1) is 26.9. The molecule has 0 unspecified atom stereocenters. The van der Waals surface area contributed by atoms with Crippen molar-refractivity contribution >= 4 is 5.91 Å². The zero-order valence-corrected chi connectivity index (χ0v) is 22.9. The van der Waals surface area contributed by atoms with E-state index in [-0.39, 0.29) is 11.4 Å². The first-order valence-electron chi connectivity index (χ1n) is 14.7. The molecule has 1 saturated carbocycles. The number of amides is 1. The van der Waals surface area contributed by atoms with Gasteiger partial charge in [-0.1, -0.05) is 67.8 Å². The minimum atomic E-state index is -0.768. The number of hydrogen-bond acceptors (Lipinski definition) is 7. The number of carbonyl (C=O) groups is 1. The monoisotopic (exact) mass is 533 g/mol. The maximum absolute atomic E-state index is 12.7. The number of carbonyl (C=O) groups excluding carboxylic acids is 1. The lowest BCUT2D eigenvalue weighted by atomic mass is 9.82. The highest BCUT2D eigenvalue weighted by Crippen LogP contribution is 2.38. The van der Waals surface area contributed by atoms with Gasteiger partial charge in [0, 0.05) is 32.6 Å². The van der Waals surface area contributed by atoms with Crippen LogP contribution in [-0.2, 0) is 26.2 Å². The molecule has 2 aromatic rings. The van der Waals surface area contributed by atoms with E-state index in [0.717, 1.165) is 90.3 Å². The second-order valence-corrected chi connectivity index (χ2v) is 12.0. The largest absolute Gasteiger partial charge is 0.378 e. The molecule has 1 amide bonds. The number of nitrogens with zero attached hydrogens (tertiary/aromatic N) is 2. The van der Waals surface area contributed by atoms with Crippen LogP contribution >= 0.6 is 0 Å². The Morgan fingerprint density at radius 2 is 1.51 bits per heavy atom. The van der Waals surface area contributed by atoms with E-state index in [1.165, 1.54) is 16.7 Å². The van der Waals surface area contributed by atoms with Crippen molar-refractivity contribution in [2.45, 2.75) is 61.8 Å². The molecule has 3 aliphatic heterocycles. The van der Waals surface area contributed by atoms with Gasteiger partial charge < -0.3 is 26.3 Å². The fourth-order valence-electron chi connectivity index (χ4n) is 6.61. The van der Waals surface area contributed by atoms with E-state index in [0.29, 0.717) is 12.5 Å². The van der Waals surface area contributed by atoms with E-state index in [4.69, 9.17) is 20.9 Å². The molecule has 39 heavy (non-hydrogen) atoms. The van der Waals surface area contributed by atoms with Crippen molar-refractivity contribution in [2.75, 3.05) is 52.6 Å². The summed E-state index contributed by atoms with van der Waals surface area (Å²) in [5.41, 5.74) is 16.7. The lowest BCUT2D eigenvalue weighted by Gasteiger charge is -2.53. The molecule has 8 nitrogen and oxygen atoms in total. The van der Waals surface area contributed by atoms with E-state index in [1.54, 1.807) is 0 Å². The molecule has 0 aromatic heterocycles. The molecule has 3 heterocycles. The first-order chi connectivity index (χ1) is 19.0. The summed E-state index contributed by atoms with van der Waals surface area (Å²) in [6.07, 6.45) is 4.75. The van der Waals surface area contributed by atoms with Crippen LogP contribution < -0.4 is 16.8 Å². The average molecular weight is 534 g/mol. The van der Waals surface area contributed by atoms with Crippen molar-refractivity contribution in [3.05, 3.63) is 59.7 Å². The summed E-state index contributed by atoms with van der Waals surface area (Å²) in [6, 6.07) is 18.1.